The van der Waals surface area contributed by atoms with E-state index in [1.165, 1.54) is 22.7 Å². The van der Waals surface area contributed by atoms with Crippen molar-refractivity contribution in [3.8, 4) is 0 Å². The zero-order valence-corrected chi connectivity index (χ0v) is 20.0. The summed E-state index contributed by atoms with van der Waals surface area (Å²) < 4.78 is 0.382. The van der Waals surface area contributed by atoms with Crippen LogP contribution in [0.15, 0.2) is 81.4 Å². The summed E-state index contributed by atoms with van der Waals surface area (Å²) in [5, 5.41) is 12.8. The van der Waals surface area contributed by atoms with Crippen LogP contribution in [-0.2, 0) is 4.79 Å². The van der Waals surface area contributed by atoms with E-state index < -0.39 is 4.92 Å². The third-order valence-electron chi connectivity index (χ3n) is 4.40. The molecule has 1 saturated heterocycles. The van der Waals surface area contributed by atoms with Gasteiger partial charge in [-0.05, 0) is 66.2 Å². The van der Waals surface area contributed by atoms with Crippen molar-refractivity contribution in [2.24, 2.45) is 0 Å². The van der Waals surface area contributed by atoms with Crippen LogP contribution in [0.1, 0.15) is 5.56 Å². The number of hydrogen-bond acceptors (Lipinski definition) is 6. The number of anilines is 1. The number of thiocarbonyl (C=S) groups is 1. The fraction of sp³-hybridized carbons (Fsp3) is 0. The molecule has 1 aliphatic heterocycles. The van der Waals surface area contributed by atoms with Crippen LogP contribution >= 0.6 is 58.9 Å². The summed E-state index contributed by atoms with van der Waals surface area (Å²) in [7, 11) is 0. The summed E-state index contributed by atoms with van der Waals surface area (Å²) in [6.07, 6.45) is 1.61. The molecule has 0 saturated carbocycles. The molecule has 0 atom stereocenters. The smallest absolute Gasteiger partial charge is 0.268 e. The van der Waals surface area contributed by atoms with Crippen LogP contribution in [0, 0.1) is 10.1 Å². The molecule has 10 heteroatoms. The molecule has 0 N–H and O–H groups in total. The fourth-order valence-electron chi connectivity index (χ4n) is 2.91. The van der Waals surface area contributed by atoms with Gasteiger partial charge in [-0.2, -0.15) is 0 Å². The van der Waals surface area contributed by atoms with Crippen LogP contribution in [0.5, 0.6) is 0 Å². The van der Waals surface area contributed by atoms with E-state index in [9.17, 15) is 14.9 Å². The van der Waals surface area contributed by atoms with Gasteiger partial charge in [0.15, 0.2) is 4.32 Å². The van der Waals surface area contributed by atoms with Crippen LogP contribution in [0.4, 0.5) is 11.4 Å². The Morgan fingerprint density at radius 1 is 1.00 bits per heavy atom. The number of halogens is 2. The minimum atomic E-state index is -0.436. The molecule has 0 spiro atoms. The predicted molar refractivity (Wildman–Crippen MR) is 136 cm³/mol. The van der Waals surface area contributed by atoms with Crippen molar-refractivity contribution >= 4 is 86.6 Å². The van der Waals surface area contributed by atoms with Crippen LogP contribution in [0.3, 0.4) is 0 Å². The van der Waals surface area contributed by atoms with Crippen molar-refractivity contribution in [2.75, 3.05) is 4.90 Å². The van der Waals surface area contributed by atoms with Crippen molar-refractivity contribution in [1.29, 1.82) is 0 Å². The van der Waals surface area contributed by atoms with Gasteiger partial charge in [-0.1, -0.05) is 65.0 Å². The quantitative estimate of drug-likeness (QED) is 0.151. The van der Waals surface area contributed by atoms with Crippen LogP contribution in [0.2, 0.25) is 10.0 Å². The molecule has 3 aromatic rings. The number of carbonyl (C=O) groups excluding carboxylic acids is 1. The topological polar surface area (TPSA) is 63.4 Å². The lowest BCUT2D eigenvalue weighted by molar-refractivity contribution is -0.387. The Balaban J connectivity index is 1.62. The van der Waals surface area contributed by atoms with E-state index in [2.05, 4.69) is 0 Å². The number of amides is 1. The Morgan fingerprint density at radius 3 is 2.25 bits per heavy atom. The highest BCUT2D eigenvalue weighted by Crippen LogP contribution is 2.39. The molecular formula is C22H12Cl2N2O3S3. The van der Waals surface area contributed by atoms with Gasteiger partial charge in [0, 0.05) is 21.0 Å². The summed E-state index contributed by atoms with van der Waals surface area (Å²) in [6, 6.07) is 18.7. The van der Waals surface area contributed by atoms with E-state index >= 15 is 0 Å². The number of nitrogens with zero attached hydrogens (tertiary/aromatic N) is 2. The SMILES string of the molecule is O=C1C(=Cc2ccc(Sc3ccc(Cl)cc3)c([N+](=O)[O-])c2)SC(=S)N1c1ccc(Cl)cc1. The number of rotatable bonds is 5. The molecule has 0 unspecified atom stereocenters. The third-order valence-corrected chi connectivity index (χ3v) is 7.28. The molecule has 32 heavy (non-hydrogen) atoms. The Bertz CT molecular complexity index is 1260. The monoisotopic (exact) mass is 518 g/mol. The van der Waals surface area contributed by atoms with E-state index in [4.69, 9.17) is 35.4 Å². The van der Waals surface area contributed by atoms with E-state index in [-0.39, 0.29) is 11.6 Å². The minimum absolute atomic E-state index is 0.0492. The molecule has 0 bridgehead atoms. The maximum Gasteiger partial charge on any atom is 0.283 e. The van der Waals surface area contributed by atoms with Gasteiger partial charge in [0.1, 0.15) is 0 Å². The van der Waals surface area contributed by atoms with E-state index in [0.717, 1.165) is 16.7 Å². The number of benzene rings is 3. The first-order valence-electron chi connectivity index (χ1n) is 9.07. The fourth-order valence-corrected chi connectivity index (χ4v) is 5.37. The standard InChI is InChI=1S/C22H12Cl2N2O3S3/c23-14-2-6-16(7-3-14)25-21(27)20(32-22(25)30)12-13-1-10-19(18(11-13)26(28)29)31-17-8-4-15(24)5-9-17/h1-12H. The zero-order chi connectivity index (χ0) is 22.8. The molecule has 0 aromatic heterocycles. The molecule has 5 nitrogen and oxygen atoms in total. The van der Waals surface area contributed by atoms with Gasteiger partial charge >= 0.3 is 0 Å². The van der Waals surface area contributed by atoms with Crippen LogP contribution in [0.25, 0.3) is 6.08 Å². The average molecular weight is 519 g/mol. The number of nitro groups is 1. The number of thioether (sulfide) groups is 1. The van der Waals surface area contributed by atoms with Crippen molar-refractivity contribution in [3.63, 3.8) is 0 Å². The Kier molecular flexibility index (Phi) is 6.88. The molecular weight excluding hydrogens is 507 g/mol. The lowest BCUT2D eigenvalue weighted by Gasteiger charge is -2.14. The molecule has 1 fully saturated rings. The second kappa shape index (κ2) is 9.64. The first-order valence-corrected chi connectivity index (χ1v) is 11.9. The molecule has 0 radical (unpaired) electrons. The predicted octanol–water partition coefficient (Wildman–Crippen LogP) is 7.46. The van der Waals surface area contributed by atoms with Gasteiger partial charge in [0.25, 0.3) is 11.6 Å². The van der Waals surface area contributed by atoms with Gasteiger partial charge in [0.05, 0.1) is 20.4 Å². The molecule has 160 valence electrons. The van der Waals surface area contributed by atoms with Crippen molar-refractivity contribution in [1.82, 2.24) is 0 Å². The van der Waals surface area contributed by atoms with Gasteiger partial charge < -0.3 is 0 Å². The number of nitro benzene ring substituents is 1. The number of carbonyl (C=O) groups is 1. The summed E-state index contributed by atoms with van der Waals surface area (Å²) >= 11 is 19.6. The van der Waals surface area contributed by atoms with E-state index in [0.29, 0.717) is 35.4 Å². The molecule has 1 aliphatic rings. The second-order valence-electron chi connectivity index (χ2n) is 6.53. The Morgan fingerprint density at radius 2 is 1.62 bits per heavy atom. The van der Waals surface area contributed by atoms with Gasteiger partial charge in [0.2, 0.25) is 0 Å². The van der Waals surface area contributed by atoms with E-state index in [1.54, 1.807) is 66.7 Å². The van der Waals surface area contributed by atoms with Crippen molar-refractivity contribution in [2.45, 2.75) is 9.79 Å². The highest BCUT2D eigenvalue weighted by molar-refractivity contribution is 8.27. The maximum absolute atomic E-state index is 12.9. The van der Waals surface area contributed by atoms with Crippen LogP contribution in [-0.4, -0.2) is 15.2 Å². The molecule has 4 rings (SSSR count). The summed E-state index contributed by atoms with van der Waals surface area (Å²) in [4.78, 5) is 27.3. The maximum atomic E-state index is 12.9. The van der Waals surface area contributed by atoms with Gasteiger partial charge in [-0.25, -0.2) is 0 Å². The summed E-state index contributed by atoms with van der Waals surface area (Å²) in [5.41, 5.74) is 1.10. The minimum Gasteiger partial charge on any atom is -0.268 e. The lowest BCUT2D eigenvalue weighted by Crippen LogP contribution is -2.27. The van der Waals surface area contributed by atoms with Gasteiger partial charge in [-0.3, -0.25) is 19.8 Å². The van der Waals surface area contributed by atoms with Crippen molar-refractivity contribution < 1.29 is 9.72 Å². The van der Waals surface area contributed by atoms with Crippen molar-refractivity contribution in [3.05, 3.63) is 97.4 Å². The summed E-state index contributed by atoms with van der Waals surface area (Å²) in [5.74, 6) is -0.287. The molecule has 1 amide bonds. The highest BCUT2D eigenvalue weighted by atomic mass is 35.5. The molecule has 1 heterocycles. The molecule has 3 aromatic carbocycles. The summed E-state index contributed by atoms with van der Waals surface area (Å²) in [6.45, 7) is 0. The normalized spacial score (nSPS) is 14.9. The zero-order valence-electron chi connectivity index (χ0n) is 16.0. The Hall–Kier alpha value is -2.36. The lowest BCUT2D eigenvalue weighted by atomic mass is 10.2. The van der Waals surface area contributed by atoms with Gasteiger partial charge in [-0.15, -0.1) is 0 Å². The third kappa shape index (κ3) is 5.00. The highest BCUT2D eigenvalue weighted by Gasteiger charge is 2.33. The molecule has 0 aliphatic carbocycles. The largest absolute Gasteiger partial charge is 0.283 e. The first kappa shape index (κ1) is 22.8. The second-order valence-corrected chi connectivity index (χ2v) is 10.2. The first-order chi connectivity index (χ1) is 15.3. The Labute approximate surface area is 207 Å². The number of hydrogen-bond donors (Lipinski definition) is 0. The average Bonchev–Trinajstić information content (AvgIpc) is 3.04. The van der Waals surface area contributed by atoms with E-state index in [1.807, 2.05) is 0 Å². The van der Waals surface area contributed by atoms with Crippen LogP contribution < -0.4 is 4.90 Å².